The van der Waals surface area contributed by atoms with Gasteiger partial charge in [0.25, 0.3) is 5.91 Å². The van der Waals surface area contributed by atoms with Gasteiger partial charge in [0, 0.05) is 5.56 Å². The summed E-state index contributed by atoms with van der Waals surface area (Å²) < 4.78 is 22.8. The number of benzene rings is 2. The minimum absolute atomic E-state index is 0.0380. The Hall–Kier alpha value is -3.52. The first-order valence-electron chi connectivity index (χ1n) is 9.38. The minimum atomic E-state index is -0.397. The molecule has 1 N–H and O–H groups in total. The Morgan fingerprint density at radius 3 is 2.71 bits per heavy atom. The summed E-state index contributed by atoms with van der Waals surface area (Å²) in [6.07, 6.45) is 1.53. The molecule has 2 aromatic carbocycles. The first-order chi connectivity index (χ1) is 15.1. The van der Waals surface area contributed by atoms with Crippen LogP contribution in [0, 0.1) is 0 Å². The summed E-state index contributed by atoms with van der Waals surface area (Å²) in [6, 6.07) is 15.6. The van der Waals surface area contributed by atoms with E-state index in [0.717, 1.165) is 0 Å². The summed E-state index contributed by atoms with van der Waals surface area (Å²) in [5.74, 6) is 1.04. The summed E-state index contributed by atoms with van der Waals surface area (Å²) >= 11 is 3.44. The molecule has 0 aliphatic heterocycles. The van der Waals surface area contributed by atoms with Crippen LogP contribution in [0.1, 0.15) is 5.76 Å². The van der Waals surface area contributed by atoms with Gasteiger partial charge in [-0.2, -0.15) is 0 Å². The molecule has 31 heavy (non-hydrogen) atoms. The van der Waals surface area contributed by atoms with Crippen LogP contribution in [0.5, 0.6) is 11.5 Å². The predicted molar refractivity (Wildman–Crippen MR) is 118 cm³/mol. The number of hydrogen-bond donors (Lipinski definition) is 1. The standard InChI is InChI=1S/C23H18BrNO6/c1-28-19-9-8-14(11-17(19)24)22-23(21(27)16-6-2-3-7-18(16)31-22)30-13-20(26)25-12-15-5-4-10-29-15/h2-11H,12-13H2,1H3,(H,25,26). The number of methoxy groups -OCH3 is 1. The molecule has 0 spiro atoms. The fraction of sp³-hybridized carbons (Fsp3) is 0.130. The van der Waals surface area contributed by atoms with Gasteiger partial charge in [-0.25, -0.2) is 0 Å². The number of furan rings is 1. The van der Waals surface area contributed by atoms with E-state index in [0.29, 0.717) is 32.5 Å². The van der Waals surface area contributed by atoms with Gasteiger partial charge in [0.2, 0.25) is 11.2 Å². The highest BCUT2D eigenvalue weighted by atomic mass is 79.9. The fourth-order valence-corrected chi connectivity index (χ4v) is 3.58. The van der Waals surface area contributed by atoms with Crippen LogP contribution < -0.4 is 20.2 Å². The van der Waals surface area contributed by atoms with Crippen LogP contribution in [0.2, 0.25) is 0 Å². The van der Waals surface area contributed by atoms with Crippen molar-refractivity contribution < 1.29 is 23.1 Å². The van der Waals surface area contributed by atoms with E-state index in [1.807, 2.05) is 0 Å². The molecular weight excluding hydrogens is 466 g/mol. The van der Waals surface area contributed by atoms with Crippen LogP contribution in [0.4, 0.5) is 0 Å². The van der Waals surface area contributed by atoms with E-state index in [4.69, 9.17) is 18.3 Å². The van der Waals surface area contributed by atoms with Gasteiger partial charge in [0.05, 0.1) is 29.8 Å². The molecule has 0 aliphatic rings. The third-order valence-electron chi connectivity index (χ3n) is 4.56. The molecule has 158 valence electrons. The summed E-state index contributed by atoms with van der Waals surface area (Å²) in [5.41, 5.74) is 0.660. The lowest BCUT2D eigenvalue weighted by atomic mass is 10.1. The van der Waals surface area contributed by atoms with Crippen LogP contribution in [0.3, 0.4) is 0 Å². The van der Waals surface area contributed by atoms with Gasteiger partial charge in [-0.3, -0.25) is 9.59 Å². The molecule has 0 unspecified atom stereocenters. The number of hydrogen-bond acceptors (Lipinski definition) is 6. The van der Waals surface area contributed by atoms with E-state index in [2.05, 4.69) is 21.2 Å². The number of halogens is 1. The Kier molecular flexibility index (Phi) is 6.08. The summed E-state index contributed by atoms with van der Waals surface area (Å²) in [6.45, 7) is -0.131. The highest BCUT2D eigenvalue weighted by molar-refractivity contribution is 9.10. The van der Waals surface area contributed by atoms with Crippen molar-refractivity contribution in [1.29, 1.82) is 0 Å². The maximum Gasteiger partial charge on any atom is 0.258 e. The molecule has 0 saturated heterocycles. The van der Waals surface area contributed by atoms with Crippen molar-refractivity contribution in [2.75, 3.05) is 13.7 Å². The number of para-hydroxylation sites is 1. The van der Waals surface area contributed by atoms with Gasteiger partial charge >= 0.3 is 0 Å². The molecule has 1 amide bonds. The van der Waals surface area contributed by atoms with Crippen LogP contribution in [0.25, 0.3) is 22.3 Å². The summed E-state index contributed by atoms with van der Waals surface area (Å²) in [7, 11) is 1.56. The molecule has 4 rings (SSSR count). The molecule has 0 saturated carbocycles. The smallest absolute Gasteiger partial charge is 0.258 e. The second-order valence-electron chi connectivity index (χ2n) is 6.58. The van der Waals surface area contributed by atoms with E-state index < -0.39 is 5.91 Å². The van der Waals surface area contributed by atoms with E-state index in [1.54, 1.807) is 61.7 Å². The predicted octanol–water partition coefficient (Wildman–Crippen LogP) is 4.52. The van der Waals surface area contributed by atoms with Crippen LogP contribution in [0.15, 0.2) is 79.0 Å². The number of carbonyl (C=O) groups excluding carboxylic acids is 1. The van der Waals surface area contributed by atoms with Crippen molar-refractivity contribution in [2.24, 2.45) is 0 Å². The van der Waals surface area contributed by atoms with Crippen molar-refractivity contribution in [1.82, 2.24) is 5.32 Å². The Labute approximate surface area is 185 Å². The normalized spacial score (nSPS) is 10.8. The first kappa shape index (κ1) is 20.7. The molecule has 0 fully saturated rings. The maximum atomic E-state index is 13.1. The van der Waals surface area contributed by atoms with Gasteiger partial charge in [-0.1, -0.05) is 12.1 Å². The van der Waals surface area contributed by atoms with E-state index in [9.17, 15) is 9.59 Å². The third-order valence-corrected chi connectivity index (χ3v) is 5.18. The van der Waals surface area contributed by atoms with Crippen molar-refractivity contribution in [2.45, 2.75) is 6.54 Å². The topological polar surface area (TPSA) is 90.9 Å². The summed E-state index contributed by atoms with van der Waals surface area (Å²) in [4.78, 5) is 25.4. The lowest BCUT2D eigenvalue weighted by Crippen LogP contribution is -2.29. The Bertz CT molecular complexity index is 1280. The number of amides is 1. The number of nitrogens with one attached hydrogen (secondary N) is 1. The highest BCUT2D eigenvalue weighted by Crippen LogP contribution is 2.35. The SMILES string of the molecule is COc1ccc(-c2oc3ccccc3c(=O)c2OCC(=O)NCc2ccco2)cc1Br. The zero-order valence-corrected chi connectivity index (χ0v) is 18.1. The monoisotopic (exact) mass is 483 g/mol. The minimum Gasteiger partial charge on any atom is -0.496 e. The largest absolute Gasteiger partial charge is 0.496 e. The lowest BCUT2D eigenvalue weighted by Gasteiger charge is -2.12. The molecule has 4 aromatic rings. The number of rotatable bonds is 7. The van der Waals surface area contributed by atoms with Gasteiger partial charge < -0.3 is 23.6 Å². The molecule has 2 heterocycles. The molecule has 7 nitrogen and oxygen atoms in total. The zero-order valence-electron chi connectivity index (χ0n) is 16.5. The molecule has 0 atom stereocenters. The van der Waals surface area contributed by atoms with Gasteiger partial charge in [0.1, 0.15) is 17.1 Å². The van der Waals surface area contributed by atoms with Gasteiger partial charge in [-0.05, 0) is 58.4 Å². The van der Waals surface area contributed by atoms with E-state index in [1.165, 1.54) is 6.26 Å². The fourth-order valence-electron chi connectivity index (χ4n) is 3.04. The summed E-state index contributed by atoms with van der Waals surface area (Å²) in [5, 5.41) is 3.05. The van der Waals surface area contributed by atoms with Gasteiger partial charge in [0.15, 0.2) is 12.4 Å². The molecule has 0 bridgehead atoms. The van der Waals surface area contributed by atoms with Crippen LogP contribution in [-0.2, 0) is 11.3 Å². The molecule has 0 radical (unpaired) electrons. The van der Waals surface area contributed by atoms with E-state index >= 15 is 0 Å². The average molecular weight is 484 g/mol. The lowest BCUT2D eigenvalue weighted by molar-refractivity contribution is -0.123. The molecule has 8 heteroatoms. The number of ether oxygens (including phenoxy) is 2. The van der Waals surface area contributed by atoms with Crippen LogP contribution >= 0.6 is 15.9 Å². The van der Waals surface area contributed by atoms with Crippen molar-refractivity contribution in [3.63, 3.8) is 0 Å². The highest BCUT2D eigenvalue weighted by Gasteiger charge is 2.19. The average Bonchev–Trinajstić information content (AvgIpc) is 3.30. The Morgan fingerprint density at radius 2 is 1.97 bits per heavy atom. The molecular formula is C23H18BrNO6. The maximum absolute atomic E-state index is 13.1. The van der Waals surface area contributed by atoms with Crippen molar-refractivity contribution >= 4 is 32.8 Å². The molecule has 0 aliphatic carbocycles. The second kappa shape index (κ2) is 9.09. The van der Waals surface area contributed by atoms with E-state index in [-0.39, 0.29) is 30.1 Å². The van der Waals surface area contributed by atoms with Gasteiger partial charge in [-0.15, -0.1) is 0 Å². The van der Waals surface area contributed by atoms with Crippen molar-refractivity contribution in [3.05, 3.63) is 81.3 Å². The zero-order chi connectivity index (χ0) is 21.8. The Morgan fingerprint density at radius 1 is 1.13 bits per heavy atom. The van der Waals surface area contributed by atoms with Crippen LogP contribution in [-0.4, -0.2) is 19.6 Å². The second-order valence-corrected chi connectivity index (χ2v) is 7.43. The molecule has 2 aromatic heterocycles. The quantitative estimate of drug-likeness (QED) is 0.415. The van der Waals surface area contributed by atoms with Crippen molar-refractivity contribution in [3.8, 4) is 22.8 Å². The number of fused-ring (bicyclic) bond motifs is 1. The third kappa shape index (κ3) is 4.49. The Balaban J connectivity index is 1.66. The first-order valence-corrected chi connectivity index (χ1v) is 10.2. The number of carbonyl (C=O) groups is 1.